The molecule has 1 fully saturated rings. The van der Waals surface area contributed by atoms with Gasteiger partial charge in [-0.15, -0.1) is 0 Å². The minimum Gasteiger partial charge on any atom is -0.387 e. The van der Waals surface area contributed by atoms with E-state index in [2.05, 4.69) is 10.3 Å². The topological polar surface area (TPSA) is 65.1 Å². The third-order valence-electron chi connectivity index (χ3n) is 4.17. The van der Waals surface area contributed by atoms with Crippen LogP contribution in [0.25, 0.3) is 10.9 Å². The summed E-state index contributed by atoms with van der Waals surface area (Å²) in [6.07, 6.45) is 2.58. The van der Waals surface area contributed by atoms with Crippen molar-refractivity contribution in [1.29, 1.82) is 0 Å². The van der Waals surface area contributed by atoms with Gasteiger partial charge in [0.05, 0.1) is 11.6 Å². The number of aliphatic hydroxyl groups is 1. The molecule has 1 saturated heterocycles. The molecule has 20 heavy (non-hydrogen) atoms. The van der Waals surface area contributed by atoms with Crippen LogP contribution in [0.3, 0.4) is 0 Å². The van der Waals surface area contributed by atoms with Crippen molar-refractivity contribution in [3.05, 3.63) is 45.7 Å². The van der Waals surface area contributed by atoms with Crippen LogP contribution in [0, 0.1) is 6.92 Å². The summed E-state index contributed by atoms with van der Waals surface area (Å²) in [7, 11) is 0. The van der Waals surface area contributed by atoms with Crippen molar-refractivity contribution in [2.75, 3.05) is 6.54 Å². The highest BCUT2D eigenvalue weighted by Crippen LogP contribution is 2.28. The predicted molar refractivity (Wildman–Crippen MR) is 79.9 cm³/mol. The number of benzene rings is 1. The minimum atomic E-state index is -0.637. The van der Waals surface area contributed by atoms with Gasteiger partial charge in [-0.25, -0.2) is 0 Å². The standard InChI is InChI=1S/C16H20N2O2/c1-10-5-4-6-11-12(9-14(19)18-15(10)11)16(20)13-7-2-3-8-17-13/h4-6,9,13,16-17,20H,2-3,7-8H2,1H3,(H,18,19)/t13-,16+/m0/s1. The van der Waals surface area contributed by atoms with Crippen LogP contribution < -0.4 is 10.9 Å². The second-order valence-electron chi connectivity index (χ2n) is 5.59. The number of rotatable bonds is 2. The maximum absolute atomic E-state index is 11.9. The van der Waals surface area contributed by atoms with E-state index in [1.165, 1.54) is 6.07 Å². The Labute approximate surface area is 117 Å². The summed E-state index contributed by atoms with van der Waals surface area (Å²) in [5.74, 6) is 0. The minimum absolute atomic E-state index is 0.0364. The molecule has 2 atom stereocenters. The lowest BCUT2D eigenvalue weighted by molar-refractivity contribution is 0.115. The highest BCUT2D eigenvalue weighted by atomic mass is 16.3. The van der Waals surface area contributed by atoms with E-state index >= 15 is 0 Å². The third kappa shape index (κ3) is 2.37. The van der Waals surface area contributed by atoms with Crippen LogP contribution in [-0.4, -0.2) is 22.7 Å². The van der Waals surface area contributed by atoms with Crippen molar-refractivity contribution >= 4 is 10.9 Å². The van der Waals surface area contributed by atoms with Crippen molar-refractivity contribution in [1.82, 2.24) is 10.3 Å². The Morgan fingerprint density at radius 3 is 2.95 bits per heavy atom. The number of aryl methyl sites for hydroxylation is 1. The Hall–Kier alpha value is -1.65. The van der Waals surface area contributed by atoms with Crippen LogP contribution in [0.2, 0.25) is 0 Å². The van der Waals surface area contributed by atoms with Crippen LogP contribution >= 0.6 is 0 Å². The largest absolute Gasteiger partial charge is 0.387 e. The molecule has 2 aromatic rings. The Balaban J connectivity index is 2.10. The van der Waals surface area contributed by atoms with E-state index in [0.717, 1.165) is 47.8 Å². The first-order valence-electron chi connectivity index (χ1n) is 7.21. The Morgan fingerprint density at radius 1 is 1.35 bits per heavy atom. The second kappa shape index (κ2) is 5.38. The molecule has 0 amide bonds. The molecule has 4 heteroatoms. The fourth-order valence-electron chi connectivity index (χ4n) is 3.06. The molecule has 0 aliphatic carbocycles. The second-order valence-corrected chi connectivity index (χ2v) is 5.59. The first-order chi connectivity index (χ1) is 9.66. The summed E-state index contributed by atoms with van der Waals surface area (Å²) >= 11 is 0. The average Bonchev–Trinajstić information content (AvgIpc) is 2.48. The molecule has 1 aromatic heterocycles. The van der Waals surface area contributed by atoms with Gasteiger partial charge >= 0.3 is 0 Å². The van der Waals surface area contributed by atoms with Crippen LogP contribution in [0.4, 0.5) is 0 Å². The normalized spacial score (nSPS) is 21.0. The maximum atomic E-state index is 11.9. The number of pyridine rings is 1. The molecule has 2 heterocycles. The van der Waals surface area contributed by atoms with Crippen LogP contribution in [0.5, 0.6) is 0 Å². The molecular weight excluding hydrogens is 252 g/mol. The van der Waals surface area contributed by atoms with E-state index in [4.69, 9.17) is 0 Å². The zero-order valence-corrected chi connectivity index (χ0v) is 11.6. The quantitative estimate of drug-likeness (QED) is 0.783. The number of fused-ring (bicyclic) bond motifs is 1. The Morgan fingerprint density at radius 2 is 2.20 bits per heavy atom. The molecule has 3 N–H and O–H groups in total. The molecule has 1 aliphatic heterocycles. The zero-order chi connectivity index (χ0) is 14.1. The van der Waals surface area contributed by atoms with Gasteiger partial charge in [-0.05, 0) is 37.4 Å². The van der Waals surface area contributed by atoms with E-state index < -0.39 is 6.10 Å². The number of aromatic amines is 1. The number of H-pyrrole nitrogens is 1. The molecule has 0 radical (unpaired) electrons. The molecule has 0 unspecified atom stereocenters. The summed E-state index contributed by atoms with van der Waals surface area (Å²) < 4.78 is 0. The van der Waals surface area contributed by atoms with Gasteiger partial charge in [-0.3, -0.25) is 4.79 Å². The lowest BCUT2D eigenvalue weighted by atomic mass is 9.92. The van der Waals surface area contributed by atoms with Crippen LogP contribution in [0.15, 0.2) is 29.1 Å². The summed E-state index contributed by atoms with van der Waals surface area (Å²) in [6.45, 7) is 2.90. The summed E-state index contributed by atoms with van der Waals surface area (Å²) in [5, 5.41) is 14.9. The Bertz CT molecular complexity index is 672. The van der Waals surface area contributed by atoms with Crippen molar-refractivity contribution in [3.8, 4) is 0 Å². The average molecular weight is 272 g/mol. The van der Waals surface area contributed by atoms with E-state index in [1.54, 1.807) is 0 Å². The molecule has 106 valence electrons. The van der Waals surface area contributed by atoms with Crippen molar-refractivity contribution in [3.63, 3.8) is 0 Å². The van der Waals surface area contributed by atoms with Gasteiger partial charge in [0, 0.05) is 17.5 Å². The third-order valence-corrected chi connectivity index (χ3v) is 4.17. The van der Waals surface area contributed by atoms with Gasteiger partial charge in [0.1, 0.15) is 0 Å². The van der Waals surface area contributed by atoms with E-state index in [-0.39, 0.29) is 11.6 Å². The molecule has 0 spiro atoms. The molecule has 4 nitrogen and oxygen atoms in total. The smallest absolute Gasteiger partial charge is 0.248 e. The molecule has 0 bridgehead atoms. The summed E-state index contributed by atoms with van der Waals surface area (Å²) in [6, 6.07) is 7.45. The van der Waals surface area contributed by atoms with Crippen LogP contribution in [-0.2, 0) is 0 Å². The lowest BCUT2D eigenvalue weighted by Crippen LogP contribution is -2.39. The molecular formula is C16H20N2O2. The Kier molecular flexibility index (Phi) is 3.59. The first-order valence-corrected chi connectivity index (χ1v) is 7.21. The van der Waals surface area contributed by atoms with Gasteiger partial charge in [0.2, 0.25) is 5.56 Å². The zero-order valence-electron chi connectivity index (χ0n) is 11.6. The fraction of sp³-hybridized carbons (Fsp3) is 0.438. The van der Waals surface area contributed by atoms with Gasteiger partial charge < -0.3 is 15.4 Å². The van der Waals surface area contributed by atoms with Crippen molar-refractivity contribution < 1.29 is 5.11 Å². The highest BCUT2D eigenvalue weighted by molar-refractivity contribution is 5.85. The monoisotopic (exact) mass is 272 g/mol. The molecule has 0 saturated carbocycles. The number of hydrogen-bond donors (Lipinski definition) is 3. The van der Waals surface area contributed by atoms with E-state index in [1.807, 2.05) is 25.1 Å². The van der Waals surface area contributed by atoms with Gasteiger partial charge in [-0.1, -0.05) is 24.6 Å². The summed E-state index contributed by atoms with van der Waals surface area (Å²) in [5.41, 5.74) is 2.42. The van der Waals surface area contributed by atoms with Gasteiger partial charge in [0.25, 0.3) is 0 Å². The molecule has 1 aromatic carbocycles. The number of hydrogen-bond acceptors (Lipinski definition) is 3. The van der Waals surface area contributed by atoms with Crippen molar-refractivity contribution in [2.45, 2.75) is 38.3 Å². The number of aliphatic hydroxyl groups excluding tert-OH is 1. The summed E-state index contributed by atoms with van der Waals surface area (Å²) in [4.78, 5) is 14.7. The number of aromatic nitrogens is 1. The molecule has 3 rings (SSSR count). The van der Waals surface area contributed by atoms with E-state index in [9.17, 15) is 9.90 Å². The highest BCUT2D eigenvalue weighted by Gasteiger charge is 2.24. The number of para-hydroxylation sites is 1. The SMILES string of the molecule is Cc1cccc2c([C@@H](O)[C@@H]3CCCCN3)cc(=O)[nH]c12. The molecule has 1 aliphatic rings. The number of piperidine rings is 1. The van der Waals surface area contributed by atoms with Crippen LogP contribution in [0.1, 0.15) is 36.5 Å². The maximum Gasteiger partial charge on any atom is 0.248 e. The fourth-order valence-corrected chi connectivity index (χ4v) is 3.06. The van der Waals surface area contributed by atoms with Crippen molar-refractivity contribution in [2.24, 2.45) is 0 Å². The van der Waals surface area contributed by atoms with E-state index in [0.29, 0.717) is 0 Å². The lowest BCUT2D eigenvalue weighted by Gasteiger charge is -2.28. The first kappa shape index (κ1) is 13.3. The predicted octanol–water partition coefficient (Wildman–Crippen LogP) is 2.01. The number of nitrogens with one attached hydrogen (secondary N) is 2. The van der Waals surface area contributed by atoms with Gasteiger partial charge in [-0.2, -0.15) is 0 Å². The van der Waals surface area contributed by atoms with Gasteiger partial charge in [0.15, 0.2) is 0 Å².